The first-order chi connectivity index (χ1) is 12.8. The number of halogens is 3. The molecule has 5 heteroatoms. The third-order valence-corrected chi connectivity index (χ3v) is 8.08. The van der Waals surface area contributed by atoms with Gasteiger partial charge in [-0.05, 0) is 5.30 Å². The molecular weight excluding hydrogens is 561 g/mol. The Labute approximate surface area is 212 Å². The summed E-state index contributed by atoms with van der Waals surface area (Å²) < 4.78 is 1.17. The summed E-state index contributed by atoms with van der Waals surface area (Å²) in [4.78, 5) is 0. The summed E-state index contributed by atoms with van der Waals surface area (Å²) in [6, 6.07) is 35.3. The van der Waals surface area contributed by atoms with Gasteiger partial charge in [0.15, 0.2) is 0 Å². The number of fused-ring (bicyclic) bond motifs is 2. The van der Waals surface area contributed by atoms with Crippen molar-refractivity contribution in [1.29, 1.82) is 0 Å². The van der Waals surface area contributed by atoms with Crippen LogP contribution in [0.3, 0.4) is 0 Å². The molecule has 5 aromatic rings. The van der Waals surface area contributed by atoms with E-state index in [0.717, 1.165) is 0 Å². The fraction of sp³-hybridized carbons (Fsp3) is 0. The molecule has 5 aromatic carbocycles. The minimum Gasteiger partial charge on any atom is -1.00 e. The van der Waals surface area contributed by atoms with Crippen LogP contribution in [0.15, 0.2) is 102 Å². The molecule has 0 spiro atoms. The Morgan fingerprint density at radius 2 is 1.55 bits per heavy atom. The molecule has 0 fully saturated rings. The van der Waals surface area contributed by atoms with Crippen LogP contribution in [0.25, 0.3) is 21.5 Å². The van der Waals surface area contributed by atoms with Gasteiger partial charge in [-0.1, -0.05) is 71.5 Å². The smallest absolute Gasteiger partial charge is 1.00 e. The fourth-order valence-electron chi connectivity index (χ4n) is 3.71. The first-order valence-electron chi connectivity index (χ1n) is 8.66. The number of hydrogen-bond acceptors (Lipinski definition) is 0. The zero-order chi connectivity index (χ0) is 17.5. The number of benzene rings is 3. The summed E-state index contributed by atoms with van der Waals surface area (Å²) in [6.45, 7) is 0. The Bertz CT molecular complexity index is 1210. The van der Waals surface area contributed by atoms with Crippen molar-refractivity contribution in [1.82, 2.24) is 0 Å². The largest absolute Gasteiger partial charge is 4.00 e. The summed E-state index contributed by atoms with van der Waals surface area (Å²) in [7, 11) is -0.629. The predicted molar refractivity (Wildman–Crippen MR) is 119 cm³/mol. The molecule has 0 aliphatic rings. The molecule has 0 aliphatic heterocycles. The number of rotatable bonds is 3. The van der Waals surface area contributed by atoms with Crippen molar-refractivity contribution < 1.29 is 51.0 Å². The van der Waals surface area contributed by atoms with Crippen LogP contribution in [0.4, 0.5) is 0 Å². The first kappa shape index (κ1) is 24.5. The Hall–Kier alpha value is -0.747. The van der Waals surface area contributed by atoms with E-state index in [-0.39, 0.29) is 51.0 Å². The van der Waals surface area contributed by atoms with Crippen molar-refractivity contribution in [3.05, 3.63) is 102 Å². The van der Waals surface area contributed by atoms with E-state index in [2.05, 4.69) is 113 Å². The molecule has 0 amide bonds. The minimum atomic E-state index is -0.629. The van der Waals surface area contributed by atoms with Crippen molar-refractivity contribution in [2.75, 3.05) is 0 Å². The maximum absolute atomic E-state index is 3.79. The maximum atomic E-state index is 3.79. The Morgan fingerprint density at radius 1 is 0.793 bits per heavy atom. The quantitative estimate of drug-likeness (QED) is 0.209. The van der Waals surface area contributed by atoms with E-state index in [4.69, 9.17) is 0 Å². The molecule has 0 aliphatic carbocycles. The fourth-order valence-corrected chi connectivity index (χ4v) is 7.12. The summed E-state index contributed by atoms with van der Waals surface area (Å²) in [5.41, 5.74) is 0. The second-order valence-corrected chi connectivity index (χ2v) is 9.40. The molecule has 0 nitrogen and oxygen atoms in total. The van der Waals surface area contributed by atoms with Crippen molar-refractivity contribution in [2.24, 2.45) is 0 Å². The van der Waals surface area contributed by atoms with Gasteiger partial charge in [0.05, 0.1) is 0 Å². The molecule has 5 rings (SSSR count). The van der Waals surface area contributed by atoms with Crippen LogP contribution >= 0.6 is 23.9 Å². The van der Waals surface area contributed by atoms with E-state index in [1.54, 1.807) is 0 Å². The van der Waals surface area contributed by atoms with E-state index in [1.807, 2.05) is 0 Å². The molecule has 0 N–H and O–H groups in total. The van der Waals surface area contributed by atoms with Gasteiger partial charge in [-0.15, -0.1) is 67.8 Å². The van der Waals surface area contributed by atoms with Gasteiger partial charge in [-0.25, -0.2) is 0 Å². The standard InChI is InChI=1S/C24H16BrP.2ClH.Zr/c25-21-13-5-9-18-15-16-23(24(18)21)26(19-10-2-1-3-11-19)22-14-6-8-17-7-4-12-20(17)22;;;/h1-16H;2*1H;/q-2;;;+4/p-2. The molecule has 0 aromatic heterocycles. The van der Waals surface area contributed by atoms with Gasteiger partial charge in [0, 0.05) is 0 Å². The van der Waals surface area contributed by atoms with Crippen LogP contribution < -0.4 is 40.7 Å². The zero-order valence-corrected chi connectivity index (χ0v) is 21.8. The molecule has 0 heterocycles. The monoisotopic (exact) mass is 574 g/mol. The van der Waals surface area contributed by atoms with Crippen LogP contribution in [0.1, 0.15) is 0 Å². The molecule has 29 heavy (non-hydrogen) atoms. The average molecular weight is 577 g/mol. The second kappa shape index (κ2) is 10.5. The van der Waals surface area contributed by atoms with Crippen LogP contribution in [-0.4, -0.2) is 0 Å². The van der Waals surface area contributed by atoms with E-state index in [9.17, 15) is 0 Å². The van der Waals surface area contributed by atoms with Gasteiger partial charge in [0.1, 0.15) is 0 Å². The Morgan fingerprint density at radius 3 is 2.34 bits per heavy atom. The van der Waals surface area contributed by atoms with Crippen molar-refractivity contribution in [3.63, 3.8) is 0 Å². The van der Waals surface area contributed by atoms with Gasteiger partial charge in [0.25, 0.3) is 0 Å². The SMILES string of the molecule is Brc1cccc2cc[c-](P(c3ccccc3)c3cccc4[cH-]ccc34)c12.[Cl-].[Cl-].[Zr+4]. The molecule has 0 saturated carbocycles. The minimum absolute atomic E-state index is 0. The van der Waals surface area contributed by atoms with Gasteiger partial charge in [-0.3, -0.25) is 0 Å². The van der Waals surface area contributed by atoms with Gasteiger partial charge < -0.3 is 24.8 Å². The average Bonchev–Trinajstić information content (AvgIpc) is 3.31. The Balaban J connectivity index is 0.000001000. The van der Waals surface area contributed by atoms with Gasteiger partial charge >= 0.3 is 26.2 Å². The van der Waals surface area contributed by atoms with Crippen LogP contribution in [0.2, 0.25) is 0 Å². The van der Waals surface area contributed by atoms with Crippen molar-refractivity contribution in [2.45, 2.75) is 0 Å². The Kier molecular flexibility index (Phi) is 8.90. The molecule has 142 valence electrons. The first-order valence-corrected chi connectivity index (χ1v) is 10.8. The van der Waals surface area contributed by atoms with Crippen LogP contribution in [-0.2, 0) is 26.2 Å². The molecule has 1 atom stereocenters. The van der Waals surface area contributed by atoms with E-state index >= 15 is 0 Å². The van der Waals surface area contributed by atoms with E-state index < -0.39 is 7.92 Å². The molecule has 1 unspecified atom stereocenters. The van der Waals surface area contributed by atoms with Crippen LogP contribution in [0, 0.1) is 0 Å². The van der Waals surface area contributed by atoms with Gasteiger partial charge in [-0.2, -0.15) is 18.2 Å². The van der Waals surface area contributed by atoms with E-state index in [1.165, 1.54) is 41.9 Å². The van der Waals surface area contributed by atoms with Crippen molar-refractivity contribution >= 4 is 61.3 Å². The van der Waals surface area contributed by atoms with Crippen molar-refractivity contribution in [3.8, 4) is 0 Å². The normalized spacial score (nSPS) is 11.3. The van der Waals surface area contributed by atoms with E-state index in [0.29, 0.717) is 0 Å². The molecule has 0 bridgehead atoms. The predicted octanol–water partition coefficient (Wildman–Crippen LogP) is -0.0430. The summed E-state index contributed by atoms with van der Waals surface area (Å²) in [5, 5.41) is 9.56. The maximum Gasteiger partial charge on any atom is 4.00 e. The summed E-state index contributed by atoms with van der Waals surface area (Å²) in [6.07, 6.45) is 0. The molecule has 0 saturated heterocycles. The summed E-state index contributed by atoms with van der Waals surface area (Å²) >= 11 is 3.79. The van der Waals surface area contributed by atoms with Gasteiger partial charge in [0.2, 0.25) is 0 Å². The summed E-state index contributed by atoms with van der Waals surface area (Å²) in [5.74, 6) is 0. The topological polar surface area (TPSA) is 0 Å². The second-order valence-electron chi connectivity index (χ2n) is 6.40. The third-order valence-electron chi connectivity index (χ3n) is 4.87. The van der Waals surface area contributed by atoms with Crippen LogP contribution in [0.5, 0.6) is 0 Å². The molecular formula is C24H16BrCl2PZr. The zero-order valence-electron chi connectivity index (χ0n) is 15.3. The number of hydrogen-bond donors (Lipinski definition) is 0. The third kappa shape index (κ3) is 4.48. The molecule has 0 radical (unpaired) electrons.